The van der Waals surface area contributed by atoms with Gasteiger partial charge in [-0.1, -0.05) is 24.3 Å². The predicted octanol–water partition coefficient (Wildman–Crippen LogP) is 2.02. The monoisotopic (exact) mass is 230 g/mol. The Morgan fingerprint density at radius 1 is 1.41 bits per heavy atom. The molecule has 2 rings (SSSR count). The van der Waals surface area contributed by atoms with Crippen LogP contribution >= 0.6 is 0 Å². The van der Waals surface area contributed by atoms with Crippen molar-refractivity contribution in [3.63, 3.8) is 0 Å². The Balaban J connectivity index is 2.41. The number of aliphatic carboxylic acids is 1. The molecule has 88 valence electrons. The number of rotatable bonds is 3. The number of hydrogen-bond acceptors (Lipinski definition) is 2. The Labute approximate surface area is 99.5 Å². The molecule has 0 unspecified atom stereocenters. The van der Waals surface area contributed by atoms with Gasteiger partial charge >= 0.3 is 5.97 Å². The summed E-state index contributed by atoms with van der Waals surface area (Å²) in [5.74, 6) is -0.843. The minimum absolute atomic E-state index is 0.00458. The van der Waals surface area contributed by atoms with E-state index in [4.69, 9.17) is 5.11 Å². The highest BCUT2D eigenvalue weighted by atomic mass is 16.4. The molecule has 17 heavy (non-hydrogen) atoms. The second-order valence-corrected chi connectivity index (χ2v) is 4.03. The fraction of sp³-hybridized carbons (Fsp3) is 0.231. The molecule has 4 nitrogen and oxygen atoms in total. The normalized spacial score (nSPS) is 10.5. The lowest BCUT2D eigenvalue weighted by atomic mass is 10.1. The van der Waals surface area contributed by atoms with Gasteiger partial charge in [0, 0.05) is 18.3 Å². The van der Waals surface area contributed by atoms with Gasteiger partial charge in [-0.25, -0.2) is 0 Å². The van der Waals surface area contributed by atoms with E-state index in [0.29, 0.717) is 5.69 Å². The van der Waals surface area contributed by atoms with E-state index in [2.05, 4.69) is 5.10 Å². The first-order chi connectivity index (χ1) is 8.08. The minimum Gasteiger partial charge on any atom is -0.481 e. The van der Waals surface area contributed by atoms with Gasteiger partial charge in [-0.2, -0.15) is 5.10 Å². The van der Waals surface area contributed by atoms with Crippen molar-refractivity contribution >= 4 is 5.97 Å². The Morgan fingerprint density at radius 3 is 2.76 bits per heavy atom. The molecular formula is C13H14N2O2. The van der Waals surface area contributed by atoms with Crippen LogP contribution in [0.1, 0.15) is 11.3 Å². The van der Waals surface area contributed by atoms with E-state index in [0.717, 1.165) is 16.8 Å². The van der Waals surface area contributed by atoms with Gasteiger partial charge < -0.3 is 5.11 Å². The third kappa shape index (κ3) is 2.36. The van der Waals surface area contributed by atoms with E-state index in [9.17, 15) is 4.79 Å². The van der Waals surface area contributed by atoms with Gasteiger partial charge in [0.1, 0.15) is 0 Å². The second-order valence-electron chi connectivity index (χ2n) is 4.03. The van der Waals surface area contributed by atoms with Crippen LogP contribution in [-0.4, -0.2) is 20.9 Å². The van der Waals surface area contributed by atoms with Crippen molar-refractivity contribution in [2.45, 2.75) is 13.3 Å². The molecule has 1 aromatic carbocycles. The summed E-state index contributed by atoms with van der Waals surface area (Å²) >= 11 is 0. The van der Waals surface area contributed by atoms with Crippen molar-refractivity contribution in [3.8, 4) is 11.3 Å². The third-order valence-corrected chi connectivity index (χ3v) is 2.73. The number of aromatic nitrogens is 2. The van der Waals surface area contributed by atoms with Gasteiger partial charge in [0.15, 0.2) is 0 Å². The highest BCUT2D eigenvalue weighted by molar-refractivity contribution is 5.71. The van der Waals surface area contributed by atoms with Gasteiger partial charge in [0.25, 0.3) is 0 Å². The number of aryl methyl sites for hydroxylation is 2. The molecule has 0 amide bonds. The van der Waals surface area contributed by atoms with Crippen LogP contribution in [0.3, 0.4) is 0 Å². The fourth-order valence-corrected chi connectivity index (χ4v) is 1.82. The van der Waals surface area contributed by atoms with Crippen molar-refractivity contribution in [3.05, 3.63) is 41.6 Å². The molecule has 0 aliphatic carbocycles. The maximum atomic E-state index is 10.7. The average Bonchev–Trinajstić information content (AvgIpc) is 2.60. The van der Waals surface area contributed by atoms with E-state index in [1.807, 2.05) is 37.3 Å². The van der Waals surface area contributed by atoms with Crippen LogP contribution in [0.5, 0.6) is 0 Å². The molecule has 0 saturated carbocycles. The Kier molecular flexibility index (Phi) is 2.95. The molecule has 1 N–H and O–H groups in total. The summed E-state index contributed by atoms with van der Waals surface area (Å²) in [4.78, 5) is 10.7. The zero-order chi connectivity index (χ0) is 12.4. The molecule has 0 bridgehead atoms. The first-order valence-corrected chi connectivity index (χ1v) is 5.38. The molecule has 1 heterocycles. The lowest BCUT2D eigenvalue weighted by molar-refractivity contribution is -0.136. The highest BCUT2D eigenvalue weighted by Crippen LogP contribution is 2.22. The maximum absolute atomic E-state index is 10.7. The molecule has 2 aromatic rings. The SMILES string of the molecule is Cc1ccccc1-c1cc(CC(=O)O)n(C)n1. The van der Waals surface area contributed by atoms with Crippen molar-refractivity contribution in [2.75, 3.05) is 0 Å². The lowest BCUT2D eigenvalue weighted by Gasteiger charge is -2.00. The summed E-state index contributed by atoms with van der Waals surface area (Å²) in [6.45, 7) is 2.01. The number of carboxylic acid groups (broad SMARTS) is 1. The first kappa shape index (κ1) is 11.4. The van der Waals surface area contributed by atoms with E-state index in [1.165, 1.54) is 0 Å². The predicted molar refractivity (Wildman–Crippen MR) is 64.7 cm³/mol. The molecular weight excluding hydrogens is 216 g/mol. The topological polar surface area (TPSA) is 55.1 Å². The summed E-state index contributed by atoms with van der Waals surface area (Å²) < 4.78 is 1.62. The number of nitrogens with zero attached hydrogens (tertiary/aromatic N) is 2. The molecule has 4 heteroatoms. The number of carboxylic acids is 1. The third-order valence-electron chi connectivity index (χ3n) is 2.73. The molecule has 0 saturated heterocycles. The van der Waals surface area contributed by atoms with E-state index < -0.39 is 5.97 Å². The molecule has 1 aromatic heterocycles. The maximum Gasteiger partial charge on any atom is 0.309 e. The summed E-state index contributed by atoms with van der Waals surface area (Å²) in [5, 5.41) is 13.1. The van der Waals surface area contributed by atoms with Crippen molar-refractivity contribution in [1.29, 1.82) is 0 Å². The molecule has 0 aliphatic rings. The van der Waals surface area contributed by atoms with Crippen LogP contribution < -0.4 is 0 Å². The van der Waals surface area contributed by atoms with Crippen LogP contribution in [0, 0.1) is 6.92 Å². The van der Waals surface area contributed by atoms with Gasteiger partial charge in [-0.05, 0) is 18.6 Å². The molecule has 0 fully saturated rings. The summed E-state index contributed by atoms with van der Waals surface area (Å²) in [5.41, 5.74) is 3.70. The van der Waals surface area contributed by atoms with Gasteiger partial charge in [0.2, 0.25) is 0 Å². The number of hydrogen-bond donors (Lipinski definition) is 1. The highest BCUT2D eigenvalue weighted by Gasteiger charge is 2.11. The molecule has 0 radical (unpaired) electrons. The van der Waals surface area contributed by atoms with Crippen molar-refractivity contribution in [1.82, 2.24) is 9.78 Å². The Hall–Kier alpha value is -2.10. The van der Waals surface area contributed by atoms with Crippen LogP contribution in [0.15, 0.2) is 30.3 Å². The minimum atomic E-state index is -0.843. The fourth-order valence-electron chi connectivity index (χ4n) is 1.82. The van der Waals surface area contributed by atoms with E-state index in [-0.39, 0.29) is 6.42 Å². The van der Waals surface area contributed by atoms with Crippen LogP contribution in [0.25, 0.3) is 11.3 Å². The summed E-state index contributed by atoms with van der Waals surface area (Å²) in [6.07, 6.45) is -0.00458. The zero-order valence-corrected chi connectivity index (χ0v) is 9.84. The lowest BCUT2D eigenvalue weighted by Crippen LogP contribution is -2.05. The van der Waals surface area contributed by atoms with E-state index in [1.54, 1.807) is 11.7 Å². The standard InChI is InChI=1S/C13H14N2O2/c1-9-5-3-4-6-11(9)12-7-10(8-13(16)17)15(2)14-12/h3-7H,8H2,1-2H3,(H,16,17). The quantitative estimate of drug-likeness (QED) is 0.877. The summed E-state index contributed by atoms with van der Waals surface area (Å²) in [6, 6.07) is 9.76. The zero-order valence-electron chi connectivity index (χ0n) is 9.84. The Morgan fingerprint density at radius 2 is 2.12 bits per heavy atom. The van der Waals surface area contributed by atoms with Crippen LogP contribution in [0.2, 0.25) is 0 Å². The first-order valence-electron chi connectivity index (χ1n) is 5.38. The largest absolute Gasteiger partial charge is 0.481 e. The number of benzene rings is 1. The second kappa shape index (κ2) is 4.41. The van der Waals surface area contributed by atoms with Crippen LogP contribution in [-0.2, 0) is 18.3 Å². The summed E-state index contributed by atoms with van der Waals surface area (Å²) in [7, 11) is 1.76. The van der Waals surface area contributed by atoms with Crippen molar-refractivity contribution in [2.24, 2.45) is 7.05 Å². The van der Waals surface area contributed by atoms with Crippen LogP contribution in [0.4, 0.5) is 0 Å². The Bertz CT molecular complexity index is 558. The molecule has 0 atom stereocenters. The van der Waals surface area contributed by atoms with E-state index >= 15 is 0 Å². The number of carbonyl (C=O) groups is 1. The van der Waals surface area contributed by atoms with Crippen molar-refractivity contribution < 1.29 is 9.90 Å². The average molecular weight is 230 g/mol. The van der Waals surface area contributed by atoms with Gasteiger partial charge in [-0.3, -0.25) is 9.48 Å². The molecule has 0 spiro atoms. The van der Waals surface area contributed by atoms with Gasteiger partial charge in [-0.15, -0.1) is 0 Å². The van der Waals surface area contributed by atoms with Gasteiger partial charge in [0.05, 0.1) is 12.1 Å². The smallest absolute Gasteiger partial charge is 0.309 e. The molecule has 0 aliphatic heterocycles.